The third-order valence-electron chi connectivity index (χ3n) is 3.23. The molecule has 0 aliphatic rings. The van der Waals surface area contributed by atoms with Crippen LogP contribution in [-0.4, -0.2) is 20.0 Å². The maximum atomic E-state index is 12.5. The highest BCUT2D eigenvalue weighted by Crippen LogP contribution is 2.28. The van der Waals surface area contributed by atoms with Crippen LogP contribution in [0.1, 0.15) is 11.4 Å². The van der Waals surface area contributed by atoms with E-state index in [-0.39, 0.29) is 5.82 Å². The number of para-hydroxylation sites is 1. The normalized spacial score (nSPS) is 11.5. The highest BCUT2D eigenvalue weighted by Gasteiger charge is 2.32. The summed E-state index contributed by atoms with van der Waals surface area (Å²) in [4.78, 5) is 0. The fourth-order valence-electron chi connectivity index (χ4n) is 2.05. The van der Waals surface area contributed by atoms with Gasteiger partial charge in [-0.25, -0.2) is 4.68 Å². The largest absolute Gasteiger partial charge is 0.435 e. The number of anilines is 2. The SMILES string of the molecule is Cc1c(Nc2ccc(C(F)(F)F)nn2)cnn1-c1ccccc1. The molecule has 23 heavy (non-hydrogen) atoms. The van der Waals surface area contributed by atoms with Gasteiger partial charge in [-0.3, -0.25) is 0 Å². The van der Waals surface area contributed by atoms with Crippen LogP contribution in [0.5, 0.6) is 0 Å². The Balaban J connectivity index is 1.83. The van der Waals surface area contributed by atoms with E-state index in [2.05, 4.69) is 20.6 Å². The lowest BCUT2D eigenvalue weighted by Crippen LogP contribution is -2.09. The number of nitrogens with zero attached hydrogens (tertiary/aromatic N) is 4. The van der Waals surface area contributed by atoms with E-state index in [0.29, 0.717) is 5.69 Å². The van der Waals surface area contributed by atoms with E-state index in [1.54, 1.807) is 10.9 Å². The van der Waals surface area contributed by atoms with E-state index in [0.717, 1.165) is 17.4 Å². The summed E-state index contributed by atoms with van der Waals surface area (Å²) in [5.74, 6) is 0.216. The van der Waals surface area contributed by atoms with E-state index in [4.69, 9.17) is 0 Å². The lowest BCUT2D eigenvalue weighted by atomic mass is 10.3. The third kappa shape index (κ3) is 3.15. The minimum absolute atomic E-state index is 0.216. The van der Waals surface area contributed by atoms with Crippen LogP contribution in [0, 0.1) is 6.92 Å². The second kappa shape index (κ2) is 5.71. The molecule has 2 heterocycles. The Kier molecular flexibility index (Phi) is 3.73. The molecule has 0 fully saturated rings. The van der Waals surface area contributed by atoms with Crippen molar-refractivity contribution in [3.8, 4) is 5.69 Å². The summed E-state index contributed by atoms with van der Waals surface area (Å²) in [6.07, 6.45) is -2.92. The molecule has 3 rings (SSSR count). The Labute approximate surface area is 129 Å². The summed E-state index contributed by atoms with van der Waals surface area (Å²) in [6.45, 7) is 1.85. The van der Waals surface area contributed by atoms with Crippen LogP contribution in [0.25, 0.3) is 5.69 Å². The number of hydrogen-bond acceptors (Lipinski definition) is 4. The van der Waals surface area contributed by atoms with Gasteiger partial charge in [0.05, 0.1) is 23.3 Å². The number of nitrogens with one attached hydrogen (secondary N) is 1. The summed E-state index contributed by atoms with van der Waals surface area (Å²) in [5.41, 5.74) is 1.30. The predicted molar refractivity (Wildman–Crippen MR) is 78.6 cm³/mol. The van der Waals surface area contributed by atoms with Crippen molar-refractivity contribution in [2.24, 2.45) is 0 Å². The molecule has 0 atom stereocenters. The first-order chi connectivity index (χ1) is 10.9. The van der Waals surface area contributed by atoms with Gasteiger partial charge in [-0.1, -0.05) is 18.2 Å². The van der Waals surface area contributed by atoms with Crippen molar-refractivity contribution in [3.05, 3.63) is 60.0 Å². The van der Waals surface area contributed by atoms with Gasteiger partial charge in [0.25, 0.3) is 0 Å². The molecule has 0 amide bonds. The minimum Gasteiger partial charge on any atom is -0.336 e. The zero-order valence-electron chi connectivity index (χ0n) is 12.0. The van der Waals surface area contributed by atoms with Crippen molar-refractivity contribution in [1.82, 2.24) is 20.0 Å². The molecule has 0 radical (unpaired) electrons. The molecule has 118 valence electrons. The monoisotopic (exact) mass is 319 g/mol. The zero-order valence-corrected chi connectivity index (χ0v) is 12.0. The quantitative estimate of drug-likeness (QED) is 0.799. The van der Waals surface area contributed by atoms with Crippen molar-refractivity contribution in [2.75, 3.05) is 5.32 Å². The molecular formula is C15H12F3N5. The summed E-state index contributed by atoms with van der Waals surface area (Å²) in [7, 11) is 0. The molecule has 1 N–H and O–H groups in total. The van der Waals surface area contributed by atoms with Crippen LogP contribution in [0.3, 0.4) is 0 Å². The Morgan fingerprint density at radius 1 is 1.00 bits per heavy atom. The van der Waals surface area contributed by atoms with Crippen molar-refractivity contribution in [2.45, 2.75) is 13.1 Å². The van der Waals surface area contributed by atoms with E-state index >= 15 is 0 Å². The minimum atomic E-state index is -4.50. The summed E-state index contributed by atoms with van der Waals surface area (Å²) < 4.78 is 39.1. The molecule has 0 saturated heterocycles. The first kappa shape index (κ1) is 15.0. The van der Waals surface area contributed by atoms with Crippen molar-refractivity contribution in [3.63, 3.8) is 0 Å². The Morgan fingerprint density at radius 3 is 2.35 bits per heavy atom. The molecule has 0 spiro atoms. The van der Waals surface area contributed by atoms with Gasteiger partial charge in [-0.05, 0) is 31.2 Å². The molecule has 2 aromatic heterocycles. The highest BCUT2D eigenvalue weighted by atomic mass is 19.4. The third-order valence-corrected chi connectivity index (χ3v) is 3.23. The van der Waals surface area contributed by atoms with Gasteiger partial charge >= 0.3 is 6.18 Å². The van der Waals surface area contributed by atoms with Gasteiger partial charge in [-0.15, -0.1) is 10.2 Å². The van der Waals surface area contributed by atoms with Gasteiger partial charge < -0.3 is 5.32 Å². The van der Waals surface area contributed by atoms with Crippen molar-refractivity contribution < 1.29 is 13.2 Å². The Bertz CT molecular complexity index is 794. The molecule has 1 aromatic carbocycles. The molecule has 0 unspecified atom stereocenters. The highest BCUT2D eigenvalue weighted by molar-refractivity contribution is 5.58. The standard InChI is InChI=1S/C15H12F3N5/c1-10-12(9-19-23(10)11-5-3-2-4-6-11)20-14-8-7-13(21-22-14)15(16,17)18/h2-9H,1H3,(H,20,22). The van der Waals surface area contributed by atoms with E-state index < -0.39 is 11.9 Å². The maximum Gasteiger partial charge on any atom is 0.435 e. The van der Waals surface area contributed by atoms with E-state index in [1.807, 2.05) is 37.3 Å². The van der Waals surface area contributed by atoms with Crippen LogP contribution < -0.4 is 5.32 Å². The van der Waals surface area contributed by atoms with Gasteiger partial charge in [0, 0.05) is 0 Å². The molecule has 0 bridgehead atoms. The van der Waals surface area contributed by atoms with Crippen LogP contribution in [-0.2, 0) is 6.18 Å². The van der Waals surface area contributed by atoms with Gasteiger partial charge in [0.1, 0.15) is 0 Å². The smallest absolute Gasteiger partial charge is 0.336 e. The molecule has 3 aromatic rings. The first-order valence-electron chi connectivity index (χ1n) is 6.73. The summed E-state index contributed by atoms with van der Waals surface area (Å²) in [5, 5.41) is 13.9. The number of alkyl halides is 3. The van der Waals surface area contributed by atoms with Crippen LogP contribution in [0.15, 0.2) is 48.7 Å². The lowest BCUT2D eigenvalue weighted by molar-refractivity contribution is -0.141. The average Bonchev–Trinajstić information content (AvgIpc) is 2.89. The number of rotatable bonds is 3. The average molecular weight is 319 g/mol. The maximum absolute atomic E-state index is 12.5. The van der Waals surface area contributed by atoms with E-state index in [9.17, 15) is 13.2 Å². The van der Waals surface area contributed by atoms with Gasteiger partial charge in [-0.2, -0.15) is 18.3 Å². The number of benzene rings is 1. The molecule has 0 aliphatic carbocycles. The number of hydrogen-bond donors (Lipinski definition) is 1. The van der Waals surface area contributed by atoms with E-state index in [1.165, 1.54) is 6.07 Å². The molecular weight excluding hydrogens is 307 g/mol. The van der Waals surface area contributed by atoms with Crippen molar-refractivity contribution in [1.29, 1.82) is 0 Å². The number of aromatic nitrogens is 4. The molecule has 0 saturated carbocycles. The van der Waals surface area contributed by atoms with Crippen LogP contribution in [0.2, 0.25) is 0 Å². The lowest BCUT2D eigenvalue weighted by Gasteiger charge is -2.08. The fraction of sp³-hybridized carbons (Fsp3) is 0.133. The van der Waals surface area contributed by atoms with Crippen LogP contribution >= 0.6 is 0 Å². The number of halogens is 3. The second-order valence-electron chi connectivity index (χ2n) is 4.82. The summed E-state index contributed by atoms with van der Waals surface area (Å²) >= 11 is 0. The molecule has 8 heteroatoms. The van der Waals surface area contributed by atoms with Gasteiger partial charge in [0.2, 0.25) is 0 Å². The topological polar surface area (TPSA) is 55.6 Å². The Morgan fingerprint density at radius 2 is 1.74 bits per heavy atom. The van der Waals surface area contributed by atoms with Gasteiger partial charge in [0.15, 0.2) is 11.5 Å². The zero-order chi connectivity index (χ0) is 16.4. The fourth-order valence-corrected chi connectivity index (χ4v) is 2.05. The summed E-state index contributed by atoms with van der Waals surface area (Å²) in [6, 6.07) is 11.6. The second-order valence-corrected chi connectivity index (χ2v) is 4.82. The predicted octanol–water partition coefficient (Wildman–Crippen LogP) is 3.73. The molecule has 0 aliphatic heterocycles. The first-order valence-corrected chi connectivity index (χ1v) is 6.73. The van der Waals surface area contributed by atoms with Crippen molar-refractivity contribution >= 4 is 11.5 Å². The molecule has 5 nitrogen and oxygen atoms in total. The van der Waals surface area contributed by atoms with Crippen LogP contribution in [0.4, 0.5) is 24.7 Å². The Hall–Kier alpha value is -2.90.